The minimum absolute atomic E-state index is 0.00157. The zero-order chi connectivity index (χ0) is 20.5. The second-order valence-electron chi connectivity index (χ2n) is 6.97. The van der Waals surface area contributed by atoms with E-state index in [9.17, 15) is 0 Å². The first-order valence-corrected chi connectivity index (χ1v) is 9.83. The Morgan fingerprint density at radius 3 is 2.69 bits per heavy atom. The van der Waals surface area contributed by atoms with Crippen LogP contribution in [0.1, 0.15) is 44.2 Å². The predicted molar refractivity (Wildman–Crippen MR) is 110 cm³/mol. The van der Waals surface area contributed by atoms with Gasteiger partial charge in [0, 0.05) is 11.6 Å². The predicted octanol–water partition coefficient (Wildman–Crippen LogP) is 4.02. The summed E-state index contributed by atoms with van der Waals surface area (Å²) in [6.07, 6.45) is 6.54. The van der Waals surface area contributed by atoms with Crippen molar-refractivity contribution in [1.82, 2.24) is 10.3 Å². The third kappa shape index (κ3) is 5.85. The first-order chi connectivity index (χ1) is 14.2. The minimum atomic E-state index is 0.00157. The highest BCUT2D eigenvalue weighted by Gasteiger charge is 2.20. The van der Waals surface area contributed by atoms with Crippen LogP contribution in [0, 0.1) is 11.5 Å². The number of methoxy groups -OCH3 is 1. The zero-order valence-electron chi connectivity index (χ0n) is 16.8. The molecule has 0 amide bonds. The number of nitriles is 1. The second-order valence-corrected chi connectivity index (χ2v) is 6.97. The summed E-state index contributed by atoms with van der Waals surface area (Å²) in [6.45, 7) is 2.42. The van der Waals surface area contributed by atoms with Gasteiger partial charge >= 0.3 is 6.02 Å². The van der Waals surface area contributed by atoms with Crippen molar-refractivity contribution in [3.05, 3.63) is 48.2 Å². The van der Waals surface area contributed by atoms with Crippen molar-refractivity contribution in [3.63, 3.8) is 0 Å². The van der Waals surface area contributed by atoms with Gasteiger partial charge in [0.15, 0.2) is 11.9 Å². The van der Waals surface area contributed by atoms with E-state index in [-0.39, 0.29) is 18.0 Å². The van der Waals surface area contributed by atoms with Crippen molar-refractivity contribution in [2.24, 2.45) is 4.99 Å². The van der Waals surface area contributed by atoms with Gasteiger partial charge in [-0.05, 0) is 49.9 Å². The van der Waals surface area contributed by atoms with Crippen molar-refractivity contribution in [2.45, 2.75) is 44.6 Å². The summed E-state index contributed by atoms with van der Waals surface area (Å²) < 4.78 is 17.1. The van der Waals surface area contributed by atoms with Gasteiger partial charge in [0.2, 0.25) is 0 Å². The topological polar surface area (TPSA) is 88.8 Å². The van der Waals surface area contributed by atoms with Crippen LogP contribution >= 0.6 is 0 Å². The van der Waals surface area contributed by atoms with Crippen molar-refractivity contribution >= 4 is 6.02 Å². The molecule has 1 aromatic carbocycles. The Morgan fingerprint density at radius 1 is 1.24 bits per heavy atom. The Balaban J connectivity index is 1.70. The number of aromatic nitrogens is 1. The van der Waals surface area contributed by atoms with Crippen molar-refractivity contribution in [1.29, 1.82) is 5.26 Å². The average molecular weight is 394 g/mol. The molecule has 1 aromatic heterocycles. The van der Waals surface area contributed by atoms with E-state index in [4.69, 9.17) is 19.5 Å². The number of hydrogen-bond donors (Lipinski definition) is 1. The van der Waals surface area contributed by atoms with Crippen LogP contribution < -0.4 is 19.5 Å². The fourth-order valence-electron chi connectivity index (χ4n) is 3.18. The third-order valence-corrected chi connectivity index (χ3v) is 4.78. The van der Waals surface area contributed by atoms with Gasteiger partial charge in [-0.15, -0.1) is 0 Å². The fraction of sp³-hybridized carbons (Fsp3) is 0.409. The van der Waals surface area contributed by atoms with E-state index in [0.29, 0.717) is 23.9 Å². The number of nitrogens with zero attached hydrogens (tertiary/aromatic N) is 3. The highest BCUT2D eigenvalue weighted by molar-refractivity contribution is 5.77. The molecule has 7 nitrogen and oxygen atoms in total. The maximum Gasteiger partial charge on any atom is 0.303 e. The SMILES string of the molecule is COc1ccc(C(C)CN=C(NC#N)Oc2ccccc2)nc1OC1CCCC1. The summed E-state index contributed by atoms with van der Waals surface area (Å²) in [6, 6.07) is 13.2. The maximum atomic E-state index is 8.96. The van der Waals surface area contributed by atoms with Crippen LogP contribution in [0.2, 0.25) is 0 Å². The van der Waals surface area contributed by atoms with Gasteiger partial charge in [-0.25, -0.2) is 15.3 Å². The highest BCUT2D eigenvalue weighted by atomic mass is 16.5. The molecule has 0 aliphatic heterocycles. The number of para-hydroxylation sites is 1. The summed E-state index contributed by atoms with van der Waals surface area (Å²) in [7, 11) is 1.62. The van der Waals surface area contributed by atoms with E-state index in [1.54, 1.807) is 19.2 Å². The van der Waals surface area contributed by atoms with Gasteiger partial charge in [-0.3, -0.25) is 0 Å². The largest absolute Gasteiger partial charge is 0.491 e. The molecule has 0 saturated heterocycles. The Hall–Kier alpha value is -3.27. The summed E-state index contributed by atoms with van der Waals surface area (Å²) in [5.74, 6) is 1.78. The molecule has 0 radical (unpaired) electrons. The second kappa shape index (κ2) is 10.3. The Bertz CT molecular complexity index is 858. The maximum absolute atomic E-state index is 8.96. The van der Waals surface area contributed by atoms with E-state index in [2.05, 4.69) is 15.3 Å². The molecule has 0 spiro atoms. The normalized spacial score (nSPS) is 15.4. The monoisotopic (exact) mass is 394 g/mol. The molecule has 1 atom stereocenters. The Kier molecular flexibility index (Phi) is 7.28. The van der Waals surface area contributed by atoms with Gasteiger partial charge < -0.3 is 14.2 Å². The molecule has 1 aliphatic rings. The number of pyridine rings is 1. The van der Waals surface area contributed by atoms with E-state index in [1.807, 2.05) is 43.4 Å². The van der Waals surface area contributed by atoms with Crippen molar-refractivity contribution in [2.75, 3.05) is 13.7 Å². The van der Waals surface area contributed by atoms with Crippen molar-refractivity contribution < 1.29 is 14.2 Å². The molecule has 7 heteroatoms. The van der Waals surface area contributed by atoms with Gasteiger partial charge in [-0.2, -0.15) is 5.26 Å². The van der Waals surface area contributed by atoms with Crippen LogP contribution in [-0.2, 0) is 0 Å². The van der Waals surface area contributed by atoms with Crippen LogP contribution in [0.25, 0.3) is 0 Å². The molecule has 0 bridgehead atoms. The summed E-state index contributed by atoms with van der Waals surface area (Å²) >= 11 is 0. The highest BCUT2D eigenvalue weighted by Crippen LogP contribution is 2.31. The third-order valence-electron chi connectivity index (χ3n) is 4.78. The molecule has 152 valence electrons. The van der Waals surface area contributed by atoms with Crippen molar-refractivity contribution in [3.8, 4) is 23.6 Å². The van der Waals surface area contributed by atoms with Gasteiger partial charge in [0.1, 0.15) is 11.9 Å². The number of ether oxygens (including phenoxy) is 3. The van der Waals surface area contributed by atoms with Crippen LogP contribution in [0.4, 0.5) is 0 Å². The smallest absolute Gasteiger partial charge is 0.303 e. The van der Waals surface area contributed by atoms with Gasteiger partial charge in [0.25, 0.3) is 5.88 Å². The summed E-state index contributed by atoms with van der Waals surface area (Å²) in [5.41, 5.74) is 0.846. The molecule has 1 aliphatic carbocycles. The Morgan fingerprint density at radius 2 is 2.00 bits per heavy atom. The zero-order valence-corrected chi connectivity index (χ0v) is 16.8. The number of rotatable bonds is 7. The van der Waals surface area contributed by atoms with Crippen LogP contribution in [0.5, 0.6) is 17.4 Å². The van der Waals surface area contributed by atoms with E-state index in [0.717, 1.165) is 18.5 Å². The van der Waals surface area contributed by atoms with E-state index < -0.39 is 0 Å². The number of benzene rings is 1. The molecule has 1 N–H and O–H groups in total. The number of aliphatic imine (C=N–C) groups is 1. The number of nitrogens with one attached hydrogen (secondary N) is 1. The molecule has 1 unspecified atom stereocenters. The quantitative estimate of drug-likeness (QED) is 0.330. The summed E-state index contributed by atoms with van der Waals surface area (Å²) in [5, 5.41) is 11.4. The van der Waals surface area contributed by atoms with E-state index >= 15 is 0 Å². The Labute approximate surface area is 171 Å². The fourth-order valence-corrected chi connectivity index (χ4v) is 3.18. The summed E-state index contributed by atoms with van der Waals surface area (Å²) in [4.78, 5) is 9.08. The minimum Gasteiger partial charge on any atom is -0.491 e. The standard InChI is InChI=1S/C22H26N4O3/c1-16(14-24-22(25-15-23)29-18-8-4-3-5-9-18)19-12-13-20(27-2)21(26-19)28-17-10-6-7-11-17/h3-5,8-9,12-13,16-17H,6-7,10-11,14H2,1-2H3,(H,24,25). The molecule has 29 heavy (non-hydrogen) atoms. The first kappa shape index (κ1) is 20.5. The first-order valence-electron chi connectivity index (χ1n) is 9.83. The molecule has 3 rings (SSSR count). The van der Waals surface area contributed by atoms with Gasteiger partial charge in [0.05, 0.1) is 13.7 Å². The lowest BCUT2D eigenvalue weighted by Gasteiger charge is -2.17. The molecular weight excluding hydrogens is 368 g/mol. The lowest BCUT2D eigenvalue weighted by atomic mass is 10.1. The molecular formula is C22H26N4O3. The van der Waals surface area contributed by atoms with Gasteiger partial charge in [-0.1, -0.05) is 25.1 Å². The lowest BCUT2D eigenvalue weighted by Crippen LogP contribution is -2.25. The number of amidine groups is 1. The van der Waals surface area contributed by atoms with Crippen LogP contribution in [-0.4, -0.2) is 30.8 Å². The van der Waals surface area contributed by atoms with E-state index in [1.165, 1.54) is 12.8 Å². The average Bonchev–Trinajstić information content (AvgIpc) is 3.26. The molecule has 1 fully saturated rings. The molecule has 1 saturated carbocycles. The van der Waals surface area contributed by atoms with Crippen LogP contribution in [0.15, 0.2) is 47.5 Å². The van der Waals surface area contributed by atoms with Crippen LogP contribution in [0.3, 0.4) is 0 Å². The molecule has 1 heterocycles. The number of hydrogen-bond acceptors (Lipinski definition) is 6. The molecule has 2 aromatic rings. The lowest BCUT2D eigenvalue weighted by molar-refractivity contribution is 0.191.